The lowest BCUT2D eigenvalue weighted by Crippen LogP contribution is -2.62. The lowest BCUT2D eigenvalue weighted by atomic mass is 9.67. The molecule has 2 aliphatic rings. The monoisotopic (exact) mass is 365 g/mol. The number of ether oxygens (including phenoxy) is 3. The summed E-state index contributed by atoms with van der Waals surface area (Å²) >= 11 is 6.07. The van der Waals surface area contributed by atoms with Crippen LogP contribution in [0.15, 0.2) is 22.6 Å². The van der Waals surface area contributed by atoms with Gasteiger partial charge in [0, 0.05) is 48.1 Å². The van der Waals surface area contributed by atoms with Gasteiger partial charge in [0.25, 0.3) is 5.91 Å². The minimum Gasteiger partial charge on any atom is -0.493 e. The molecule has 0 unspecified atom stereocenters. The van der Waals surface area contributed by atoms with E-state index in [-0.39, 0.29) is 29.7 Å². The number of amides is 1. The Morgan fingerprint density at radius 2 is 2.20 bits per heavy atom. The second-order valence-electron chi connectivity index (χ2n) is 6.54. The standard InChI is InChI=1S/C18H20ClNO5/c1-22-8-12-15(11-3-4-24-17(11)12)20-18(21)14-6-9-5-10(19)7-13(23-2)16(9)25-14/h5-7,11-12,15,17H,3-4,8H2,1-2H3,(H,20,21)/t11-,12+,15+,17-/m0/s1. The number of rotatable bonds is 5. The first-order chi connectivity index (χ1) is 12.1. The van der Waals surface area contributed by atoms with Crippen LogP contribution in [0.25, 0.3) is 11.0 Å². The van der Waals surface area contributed by atoms with Crippen molar-refractivity contribution < 1.29 is 23.4 Å². The van der Waals surface area contributed by atoms with E-state index in [1.165, 1.54) is 7.11 Å². The maximum absolute atomic E-state index is 12.7. The van der Waals surface area contributed by atoms with Crippen molar-refractivity contribution in [3.05, 3.63) is 29.0 Å². The minimum atomic E-state index is -0.245. The lowest BCUT2D eigenvalue weighted by Gasteiger charge is -2.47. The Bertz CT molecular complexity index is 804. The number of methoxy groups -OCH3 is 2. The quantitative estimate of drug-likeness (QED) is 0.882. The Labute approximate surface area is 150 Å². The van der Waals surface area contributed by atoms with Gasteiger partial charge in [-0.25, -0.2) is 0 Å². The maximum Gasteiger partial charge on any atom is 0.287 e. The molecule has 25 heavy (non-hydrogen) atoms. The third-order valence-corrected chi connectivity index (χ3v) is 5.39. The number of benzene rings is 1. The average molecular weight is 366 g/mol. The molecule has 4 rings (SSSR count). The van der Waals surface area contributed by atoms with Crippen molar-refractivity contribution >= 4 is 28.5 Å². The van der Waals surface area contributed by atoms with Crippen LogP contribution >= 0.6 is 11.6 Å². The first-order valence-corrected chi connectivity index (χ1v) is 8.68. The van der Waals surface area contributed by atoms with Gasteiger partial charge in [-0.1, -0.05) is 11.6 Å². The van der Waals surface area contributed by atoms with Gasteiger partial charge in [0.1, 0.15) is 0 Å². The number of furan rings is 1. The molecule has 1 aliphatic carbocycles. The summed E-state index contributed by atoms with van der Waals surface area (Å²) in [5, 5.41) is 4.35. The molecular formula is C18H20ClNO5. The molecule has 0 spiro atoms. The molecule has 1 saturated carbocycles. The van der Waals surface area contributed by atoms with Gasteiger partial charge in [-0.15, -0.1) is 0 Å². The van der Waals surface area contributed by atoms with Crippen LogP contribution in [0.2, 0.25) is 5.02 Å². The third kappa shape index (κ3) is 2.78. The van der Waals surface area contributed by atoms with Crippen molar-refractivity contribution in [2.75, 3.05) is 27.4 Å². The van der Waals surface area contributed by atoms with Gasteiger partial charge in [0.15, 0.2) is 17.1 Å². The van der Waals surface area contributed by atoms with Crippen molar-refractivity contribution in [2.45, 2.75) is 18.6 Å². The summed E-state index contributed by atoms with van der Waals surface area (Å²) in [5.74, 6) is 1.03. The highest BCUT2D eigenvalue weighted by atomic mass is 35.5. The van der Waals surface area contributed by atoms with Crippen molar-refractivity contribution in [2.24, 2.45) is 11.8 Å². The molecule has 1 saturated heterocycles. The zero-order valence-corrected chi connectivity index (χ0v) is 14.8. The molecule has 1 amide bonds. The number of carbonyl (C=O) groups excluding carboxylic acids is 1. The van der Waals surface area contributed by atoms with E-state index in [1.807, 2.05) is 0 Å². The number of hydrogen-bond acceptors (Lipinski definition) is 5. The molecule has 7 heteroatoms. The SMILES string of the molecule is COC[C@@H]1[C@H](NC(=O)c2cc3cc(Cl)cc(OC)c3o2)[C@@H]2CCO[C@H]12. The van der Waals surface area contributed by atoms with E-state index in [2.05, 4.69) is 5.32 Å². The molecule has 1 N–H and O–H groups in total. The van der Waals surface area contributed by atoms with E-state index in [1.54, 1.807) is 25.3 Å². The molecule has 4 atom stereocenters. The normalized spacial score (nSPS) is 27.8. The molecule has 1 aliphatic heterocycles. The zero-order valence-electron chi connectivity index (χ0n) is 14.1. The Balaban J connectivity index is 1.56. The molecule has 2 fully saturated rings. The summed E-state index contributed by atoms with van der Waals surface area (Å²) < 4.78 is 22.0. The first-order valence-electron chi connectivity index (χ1n) is 8.31. The fraction of sp³-hybridized carbons (Fsp3) is 0.500. The van der Waals surface area contributed by atoms with Crippen LogP contribution in [0.3, 0.4) is 0 Å². The van der Waals surface area contributed by atoms with E-state index < -0.39 is 0 Å². The topological polar surface area (TPSA) is 69.9 Å². The van der Waals surface area contributed by atoms with E-state index >= 15 is 0 Å². The van der Waals surface area contributed by atoms with Gasteiger partial charge >= 0.3 is 0 Å². The van der Waals surface area contributed by atoms with Crippen LogP contribution in [0.1, 0.15) is 17.0 Å². The molecule has 1 aromatic carbocycles. The molecule has 2 aromatic rings. The summed E-state index contributed by atoms with van der Waals surface area (Å²) in [5.41, 5.74) is 0.515. The number of fused-ring (bicyclic) bond motifs is 2. The highest BCUT2D eigenvalue weighted by Crippen LogP contribution is 2.44. The summed E-state index contributed by atoms with van der Waals surface area (Å²) in [4.78, 5) is 12.7. The van der Waals surface area contributed by atoms with E-state index in [0.29, 0.717) is 28.9 Å². The lowest BCUT2D eigenvalue weighted by molar-refractivity contribution is -0.0811. The van der Waals surface area contributed by atoms with Crippen LogP contribution in [0.5, 0.6) is 5.75 Å². The van der Waals surface area contributed by atoms with E-state index in [9.17, 15) is 4.79 Å². The second-order valence-corrected chi connectivity index (χ2v) is 6.98. The maximum atomic E-state index is 12.7. The van der Waals surface area contributed by atoms with Gasteiger partial charge in [0.2, 0.25) is 0 Å². The Morgan fingerprint density at radius 3 is 2.96 bits per heavy atom. The Morgan fingerprint density at radius 1 is 1.36 bits per heavy atom. The van der Waals surface area contributed by atoms with E-state index in [0.717, 1.165) is 18.4 Å². The molecule has 0 radical (unpaired) electrons. The van der Waals surface area contributed by atoms with Gasteiger partial charge in [-0.05, 0) is 18.6 Å². The predicted octanol–water partition coefficient (Wildman–Crippen LogP) is 2.87. The van der Waals surface area contributed by atoms with E-state index in [4.69, 9.17) is 30.2 Å². The highest BCUT2D eigenvalue weighted by Gasteiger charge is 2.54. The summed E-state index contributed by atoms with van der Waals surface area (Å²) in [7, 11) is 3.20. The number of carbonyl (C=O) groups is 1. The molecule has 134 valence electrons. The van der Waals surface area contributed by atoms with Crippen molar-refractivity contribution in [1.82, 2.24) is 5.32 Å². The van der Waals surface area contributed by atoms with Gasteiger partial charge < -0.3 is 23.9 Å². The summed E-state index contributed by atoms with van der Waals surface area (Å²) in [6.45, 7) is 1.30. The zero-order chi connectivity index (χ0) is 17.6. The van der Waals surface area contributed by atoms with Gasteiger partial charge in [0.05, 0.1) is 19.8 Å². The number of nitrogens with one attached hydrogen (secondary N) is 1. The Hall–Kier alpha value is -1.76. The van der Waals surface area contributed by atoms with Crippen LogP contribution in [-0.4, -0.2) is 45.5 Å². The first kappa shape index (κ1) is 16.7. The molecule has 6 nitrogen and oxygen atoms in total. The molecular weight excluding hydrogens is 346 g/mol. The van der Waals surface area contributed by atoms with Crippen molar-refractivity contribution in [1.29, 1.82) is 0 Å². The highest BCUT2D eigenvalue weighted by molar-refractivity contribution is 6.31. The fourth-order valence-electron chi connectivity index (χ4n) is 4.01. The fourth-order valence-corrected chi connectivity index (χ4v) is 4.22. The van der Waals surface area contributed by atoms with Crippen LogP contribution in [0, 0.1) is 11.8 Å². The molecule has 0 bridgehead atoms. The molecule has 2 heterocycles. The molecule has 1 aromatic heterocycles. The second kappa shape index (κ2) is 6.52. The third-order valence-electron chi connectivity index (χ3n) is 5.18. The van der Waals surface area contributed by atoms with Crippen LogP contribution in [0.4, 0.5) is 0 Å². The number of halogens is 1. The summed E-state index contributed by atoms with van der Waals surface area (Å²) in [6.07, 6.45) is 1.14. The van der Waals surface area contributed by atoms with Crippen molar-refractivity contribution in [3.8, 4) is 5.75 Å². The van der Waals surface area contributed by atoms with Crippen molar-refractivity contribution in [3.63, 3.8) is 0 Å². The van der Waals surface area contributed by atoms with Crippen LogP contribution in [-0.2, 0) is 9.47 Å². The summed E-state index contributed by atoms with van der Waals surface area (Å²) in [6, 6.07) is 5.14. The van der Waals surface area contributed by atoms with Gasteiger partial charge in [-0.3, -0.25) is 4.79 Å². The smallest absolute Gasteiger partial charge is 0.287 e. The minimum absolute atomic E-state index is 0.0404. The number of hydrogen-bond donors (Lipinski definition) is 1. The largest absolute Gasteiger partial charge is 0.493 e. The van der Waals surface area contributed by atoms with Crippen LogP contribution < -0.4 is 10.1 Å². The Kier molecular flexibility index (Phi) is 4.35. The van der Waals surface area contributed by atoms with Gasteiger partial charge in [-0.2, -0.15) is 0 Å². The average Bonchev–Trinajstić information content (AvgIpc) is 3.21. The predicted molar refractivity (Wildman–Crippen MR) is 92.2 cm³/mol.